The van der Waals surface area contributed by atoms with Gasteiger partial charge in [-0.15, -0.1) is 0 Å². The Kier molecular flexibility index (Phi) is 25.1. The van der Waals surface area contributed by atoms with E-state index >= 15 is 0 Å². The monoisotopic (exact) mass is 140 g/mol. The third-order valence-electron chi connectivity index (χ3n) is 0. The summed E-state index contributed by atoms with van der Waals surface area (Å²) in [6.07, 6.45) is 0. The summed E-state index contributed by atoms with van der Waals surface area (Å²) in [6.45, 7) is 0. The van der Waals surface area contributed by atoms with Gasteiger partial charge in [0.05, 0.1) is 0 Å². The summed E-state index contributed by atoms with van der Waals surface area (Å²) < 4.78 is 25.6. The second-order valence-electron chi connectivity index (χ2n) is 0.204. The van der Waals surface area contributed by atoms with Crippen molar-refractivity contribution < 1.29 is 34.8 Å². The van der Waals surface area contributed by atoms with Crippen molar-refractivity contribution in [1.29, 1.82) is 0 Å². The number of rotatable bonds is 0. The minimum atomic E-state index is -3.79. The Labute approximate surface area is 35.7 Å². The average Bonchev–Trinajstić information content (AvgIpc) is 0.811. The molecular weight excluding hydrogens is 138 g/mol. The van der Waals surface area contributed by atoms with Gasteiger partial charge in [0.1, 0.15) is 0 Å². The van der Waals surface area contributed by atoms with E-state index < -0.39 is 14.0 Å². The van der Waals surface area contributed by atoms with Gasteiger partial charge in [-0.2, -0.15) is 0 Å². The molecule has 0 fully saturated rings. The van der Waals surface area contributed by atoms with Crippen LogP contribution in [0.2, 0.25) is 0 Å². The van der Waals surface area contributed by atoms with E-state index in [4.69, 9.17) is 11.4 Å². The number of halogens is 2. The molecule has 0 unspecified atom stereocenters. The molecule has 0 aliphatic rings. The van der Waals surface area contributed by atoms with E-state index in [2.05, 4.69) is 0 Å². The van der Waals surface area contributed by atoms with Gasteiger partial charge < -0.3 is 0 Å². The summed E-state index contributed by atoms with van der Waals surface area (Å²) in [5, 5.41) is 0. The van der Waals surface area contributed by atoms with Crippen LogP contribution in [0.5, 0.6) is 0 Å². The van der Waals surface area contributed by atoms with Crippen LogP contribution in [0.3, 0.4) is 0 Å². The topological polar surface area (TPSA) is 51.2 Å². The molecule has 6 heteroatoms. The van der Waals surface area contributed by atoms with Gasteiger partial charge in [-0.25, -0.2) is 0 Å². The van der Waals surface area contributed by atoms with Crippen LogP contribution in [0.4, 0.5) is 9.41 Å². The van der Waals surface area contributed by atoms with Gasteiger partial charge in [0.15, 0.2) is 0 Å². The van der Waals surface area contributed by atoms with Gasteiger partial charge in [-0.1, -0.05) is 0 Å². The van der Waals surface area contributed by atoms with Crippen LogP contribution in [0.15, 0.2) is 0 Å². The molecule has 0 aromatic heterocycles. The molecule has 0 radical (unpaired) electrons. The molecule has 0 amide bonds. The first-order valence-electron chi connectivity index (χ1n) is 0.500. The first-order chi connectivity index (χ1) is 1.73. The fourth-order valence-electron chi connectivity index (χ4n) is 0. The van der Waals surface area contributed by atoms with E-state index in [1.54, 1.807) is 0 Å². The van der Waals surface area contributed by atoms with Gasteiger partial charge >= 0.3 is 25.4 Å². The molecule has 0 rings (SSSR count). The molecule has 0 aliphatic heterocycles. The second kappa shape index (κ2) is 8.84. The van der Waals surface area contributed by atoms with Crippen molar-refractivity contribution in [1.82, 2.24) is 0 Å². The molecular formula is H2CrF2O3. The summed E-state index contributed by atoms with van der Waals surface area (Å²) in [6, 6.07) is 0. The summed E-state index contributed by atoms with van der Waals surface area (Å²) in [7, 11) is 0. The maximum atomic E-state index is 8.54. The van der Waals surface area contributed by atoms with Crippen LogP contribution in [-0.2, 0) is 25.4 Å². The Bertz CT molecular complexity index is 78.2. The molecule has 40 valence electrons. The van der Waals surface area contributed by atoms with Crippen molar-refractivity contribution in [3.63, 3.8) is 0 Å². The van der Waals surface area contributed by atoms with Crippen molar-refractivity contribution >= 4 is 0 Å². The van der Waals surface area contributed by atoms with E-state index in [1.807, 2.05) is 0 Å². The second-order valence-corrected chi connectivity index (χ2v) is 0.842. The van der Waals surface area contributed by atoms with Gasteiger partial charge in [0, 0.05) is 0 Å². The Hall–Kier alpha value is -0.208. The van der Waals surface area contributed by atoms with Crippen LogP contribution in [0.25, 0.3) is 0 Å². The van der Waals surface area contributed by atoms with Crippen LogP contribution in [0, 0.1) is 0 Å². The first-order valence-corrected chi connectivity index (χ1v) is 2.06. The molecule has 0 N–H and O–H groups in total. The summed E-state index contributed by atoms with van der Waals surface area (Å²) in [4.78, 5) is 0. The van der Waals surface area contributed by atoms with Crippen LogP contribution in [0.1, 0.15) is 0 Å². The molecule has 0 bridgehead atoms. The van der Waals surface area contributed by atoms with Crippen LogP contribution < -0.4 is 0 Å². The first kappa shape index (κ1) is 17.1. The van der Waals surface area contributed by atoms with Crippen molar-refractivity contribution in [2.45, 2.75) is 0 Å². The molecule has 0 heterocycles. The normalized spacial score (nSPS) is 4.00. The minimum absolute atomic E-state index is 0. The molecule has 0 aliphatic carbocycles. The van der Waals surface area contributed by atoms with E-state index in [0.29, 0.717) is 0 Å². The number of hydrogen-bond acceptors (Lipinski definition) is 3. The maximum absolute atomic E-state index is 8.54. The van der Waals surface area contributed by atoms with Gasteiger partial charge in [0.25, 0.3) is 0 Å². The third-order valence-corrected chi connectivity index (χ3v) is 0. The van der Waals surface area contributed by atoms with Gasteiger partial charge in [-0.3, -0.25) is 9.41 Å². The van der Waals surface area contributed by atoms with Crippen molar-refractivity contribution in [3.8, 4) is 0 Å². The summed E-state index contributed by atoms with van der Waals surface area (Å²) in [5.74, 6) is 0. The molecule has 0 saturated carbocycles. The summed E-state index contributed by atoms with van der Waals surface area (Å²) in [5.41, 5.74) is 0. The Morgan fingerprint density at radius 1 is 0.833 bits per heavy atom. The summed E-state index contributed by atoms with van der Waals surface area (Å²) >= 11 is -3.79. The quantitative estimate of drug-likeness (QED) is 0.473. The average molecular weight is 140 g/mol. The van der Waals surface area contributed by atoms with Crippen molar-refractivity contribution in [2.75, 3.05) is 0 Å². The van der Waals surface area contributed by atoms with E-state index in [1.165, 1.54) is 0 Å². The predicted molar refractivity (Wildman–Crippen MR) is 7.07 cm³/mol. The van der Waals surface area contributed by atoms with E-state index in [9.17, 15) is 0 Å². The fraction of sp³-hybridized carbons (Fsp3) is 0. The zero-order valence-corrected chi connectivity index (χ0v) is 3.72. The molecule has 6 heavy (non-hydrogen) atoms. The fourth-order valence-corrected chi connectivity index (χ4v) is 0. The van der Waals surface area contributed by atoms with Crippen LogP contribution in [-0.4, -0.2) is 0 Å². The third kappa shape index (κ3) is 687. The zero-order valence-electron chi connectivity index (χ0n) is 2.45. The van der Waals surface area contributed by atoms with Crippen molar-refractivity contribution in [3.05, 3.63) is 0 Å². The predicted octanol–water partition coefficient (Wildman–Crippen LogP) is -0.0539. The van der Waals surface area contributed by atoms with Gasteiger partial charge in [0.2, 0.25) is 0 Å². The SMILES string of the molecule is F.F.[O]=[Cr](=[O])=[O]. The Balaban J connectivity index is -0.0000000450. The van der Waals surface area contributed by atoms with E-state index in [-0.39, 0.29) is 9.41 Å². The molecule has 0 saturated heterocycles. The Morgan fingerprint density at radius 3 is 0.833 bits per heavy atom. The molecule has 0 aromatic rings. The van der Waals surface area contributed by atoms with Crippen LogP contribution >= 0.6 is 0 Å². The van der Waals surface area contributed by atoms with Gasteiger partial charge in [-0.05, 0) is 0 Å². The molecule has 3 nitrogen and oxygen atoms in total. The van der Waals surface area contributed by atoms with E-state index in [0.717, 1.165) is 0 Å². The standard InChI is InChI=1S/Cr.2FH.3O/h;2*1H;;;. The van der Waals surface area contributed by atoms with Crippen molar-refractivity contribution in [2.24, 2.45) is 0 Å². The zero-order chi connectivity index (χ0) is 3.58. The number of hydrogen-bond donors (Lipinski definition) is 0. The molecule has 0 spiro atoms. The molecule has 0 atom stereocenters. The Morgan fingerprint density at radius 2 is 0.833 bits per heavy atom. The molecule has 0 aromatic carbocycles.